The van der Waals surface area contributed by atoms with Crippen LogP contribution in [0.3, 0.4) is 0 Å². The Bertz CT molecular complexity index is 251. The van der Waals surface area contributed by atoms with E-state index in [9.17, 15) is 0 Å². The zero-order chi connectivity index (χ0) is 10.0. The van der Waals surface area contributed by atoms with Crippen LogP contribution in [-0.4, -0.2) is 5.54 Å². The van der Waals surface area contributed by atoms with Gasteiger partial charge in [0.2, 0.25) is 0 Å². The summed E-state index contributed by atoms with van der Waals surface area (Å²) in [5, 5.41) is 0. The van der Waals surface area contributed by atoms with E-state index in [0.717, 1.165) is 29.6 Å². The summed E-state index contributed by atoms with van der Waals surface area (Å²) >= 11 is 0. The average molecular weight is 205 g/mol. The number of hydrogen-bond acceptors (Lipinski definition) is 1. The summed E-state index contributed by atoms with van der Waals surface area (Å²) in [4.78, 5) is 0. The van der Waals surface area contributed by atoms with Gasteiger partial charge in [0.15, 0.2) is 0 Å². The van der Waals surface area contributed by atoms with Crippen molar-refractivity contribution < 1.29 is 0 Å². The van der Waals surface area contributed by atoms with Crippen molar-refractivity contribution in [3.05, 3.63) is 0 Å². The first-order chi connectivity index (χ1) is 7.24. The van der Waals surface area contributed by atoms with Crippen LogP contribution in [-0.2, 0) is 0 Å². The van der Waals surface area contributed by atoms with Gasteiger partial charge in [-0.25, -0.2) is 0 Å². The Hall–Kier alpha value is -0.0400. The van der Waals surface area contributed by atoms with Gasteiger partial charge in [-0.05, 0) is 81.0 Å². The molecule has 0 spiro atoms. The highest BCUT2D eigenvalue weighted by atomic mass is 14.8. The van der Waals surface area contributed by atoms with Gasteiger partial charge in [-0.2, -0.15) is 0 Å². The summed E-state index contributed by atoms with van der Waals surface area (Å²) in [6.45, 7) is 0. The Morgan fingerprint density at radius 3 is 1.73 bits per heavy atom. The summed E-state index contributed by atoms with van der Waals surface area (Å²) in [7, 11) is 0. The van der Waals surface area contributed by atoms with Crippen molar-refractivity contribution in [2.45, 2.75) is 56.9 Å². The fraction of sp³-hybridized carbons (Fsp3) is 1.00. The molecule has 5 rings (SSSR count). The van der Waals surface area contributed by atoms with Crippen LogP contribution in [0.25, 0.3) is 0 Å². The van der Waals surface area contributed by atoms with E-state index >= 15 is 0 Å². The molecule has 0 aromatic rings. The Balaban J connectivity index is 1.65. The lowest BCUT2D eigenvalue weighted by Crippen LogP contribution is -2.62. The van der Waals surface area contributed by atoms with Crippen molar-refractivity contribution in [3.63, 3.8) is 0 Å². The zero-order valence-corrected chi connectivity index (χ0v) is 9.62. The molecule has 0 aromatic carbocycles. The van der Waals surface area contributed by atoms with Crippen molar-refractivity contribution in [1.82, 2.24) is 0 Å². The van der Waals surface area contributed by atoms with Crippen LogP contribution >= 0.6 is 0 Å². The molecule has 0 unspecified atom stereocenters. The SMILES string of the molecule is NC1(C2C3CC4CC(C3)CC2C4)CCC1. The second kappa shape index (κ2) is 2.80. The highest BCUT2D eigenvalue weighted by Crippen LogP contribution is 2.61. The van der Waals surface area contributed by atoms with Gasteiger partial charge in [-0.15, -0.1) is 0 Å². The standard InChI is InChI=1S/C14H23N/c15-14(2-1-3-14)13-11-5-9-4-10(7-11)8-12(13)6-9/h9-13H,1-8,15H2. The van der Waals surface area contributed by atoms with Crippen LogP contribution in [0.5, 0.6) is 0 Å². The first kappa shape index (κ1) is 9.04. The summed E-state index contributed by atoms with van der Waals surface area (Å²) in [6, 6.07) is 0. The van der Waals surface area contributed by atoms with Crippen molar-refractivity contribution in [3.8, 4) is 0 Å². The van der Waals surface area contributed by atoms with E-state index in [1.807, 2.05) is 0 Å². The Morgan fingerprint density at radius 1 is 0.800 bits per heavy atom. The number of rotatable bonds is 1. The van der Waals surface area contributed by atoms with Gasteiger partial charge in [0, 0.05) is 5.54 Å². The molecule has 0 aliphatic heterocycles. The minimum atomic E-state index is 0.294. The molecule has 0 aromatic heterocycles. The quantitative estimate of drug-likeness (QED) is 0.700. The van der Waals surface area contributed by atoms with Crippen LogP contribution in [0.2, 0.25) is 0 Å². The highest BCUT2D eigenvalue weighted by Gasteiger charge is 2.55. The van der Waals surface area contributed by atoms with Gasteiger partial charge in [0.25, 0.3) is 0 Å². The molecule has 4 bridgehead atoms. The van der Waals surface area contributed by atoms with Crippen molar-refractivity contribution >= 4 is 0 Å². The first-order valence-electron chi connectivity index (χ1n) is 7.03. The van der Waals surface area contributed by atoms with Crippen LogP contribution in [0.15, 0.2) is 0 Å². The van der Waals surface area contributed by atoms with Crippen molar-refractivity contribution in [2.24, 2.45) is 35.3 Å². The fourth-order valence-electron chi connectivity index (χ4n) is 5.78. The first-order valence-corrected chi connectivity index (χ1v) is 7.03. The zero-order valence-electron chi connectivity index (χ0n) is 9.62. The molecule has 5 aliphatic carbocycles. The van der Waals surface area contributed by atoms with E-state index in [-0.39, 0.29) is 0 Å². The third-order valence-electron chi connectivity index (χ3n) is 6.18. The maximum Gasteiger partial charge on any atom is 0.0188 e. The predicted octanol–water partition coefficient (Wildman–Crippen LogP) is 2.94. The third-order valence-corrected chi connectivity index (χ3v) is 6.18. The summed E-state index contributed by atoms with van der Waals surface area (Å²) in [5.41, 5.74) is 6.92. The highest BCUT2D eigenvalue weighted by molar-refractivity contribution is 5.09. The van der Waals surface area contributed by atoms with E-state index in [1.165, 1.54) is 44.9 Å². The predicted molar refractivity (Wildman–Crippen MR) is 61.3 cm³/mol. The Kier molecular flexibility index (Phi) is 1.68. The topological polar surface area (TPSA) is 26.0 Å². The third kappa shape index (κ3) is 1.13. The normalized spacial score (nSPS) is 55.4. The van der Waals surface area contributed by atoms with Gasteiger partial charge in [-0.3, -0.25) is 0 Å². The Labute approximate surface area is 92.8 Å². The van der Waals surface area contributed by atoms with E-state index in [2.05, 4.69) is 0 Å². The van der Waals surface area contributed by atoms with Gasteiger partial charge in [0.05, 0.1) is 0 Å². The molecule has 84 valence electrons. The van der Waals surface area contributed by atoms with E-state index in [0.29, 0.717) is 5.54 Å². The van der Waals surface area contributed by atoms with Gasteiger partial charge >= 0.3 is 0 Å². The smallest absolute Gasteiger partial charge is 0.0188 e. The fourth-order valence-corrected chi connectivity index (χ4v) is 5.78. The molecule has 0 amide bonds. The molecule has 15 heavy (non-hydrogen) atoms. The molecule has 1 nitrogen and oxygen atoms in total. The summed E-state index contributed by atoms with van der Waals surface area (Å²) in [6.07, 6.45) is 11.8. The summed E-state index contributed by atoms with van der Waals surface area (Å²) < 4.78 is 0. The maximum atomic E-state index is 6.63. The van der Waals surface area contributed by atoms with E-state index < -0.39 is 0 Å². The molecular formula is C14H23N. The number of hydrogen-bond donors (Lipinski definition) is 1. The van der Waals surface area contributed by atoms with Gasteiger partial charge in [0.1, 0.15) is 0 Å². The summed E-state index contributed by atoms with van der Waals surface area (Å²) in [5.74, 6) is 5.21. The van der Waals surface area contributed by atoms with Crippen molar-refractivity contribution in [1.29, 1.82) is 0 Å². The lowest BCUT2D eigenvalue weighted by Gasteiger charge is -2.61. The van der Waals surface area contributed by atoms with Crippen molar-refractivity contribution in [2.75, 3.05) is 0 Å². The maximum absolute atomic E-state index is 6.63. The number of nitrogens with two attached hydrogens (primary N) is 1. The van der Waals surface area contributed by atoms with E-state index in [1.54, 1.807) is 6.42 Å². The van der Waals surface area contributed by atoms with Gasteiger partial charge in [-0.1, -0.05) is 0 Å². The average Bonchev–Trinajstić information content (AvgIpc) is 2.13. The molecule has 0 radical (unpaired) electrons. The Morgan fingerprint density at radius 2 is 1.33 bits per heavy atom. The molecule has 0 atom stereocenters. The largest absolute Gasteiger partial charge is 0.325 e. The van der Waals surface area contributed by atoms with E-state index in [4.69, 9.17) is 5.73 Å². The molecule has 5 saturated carbocycles. The second-order valence-corrected chi connectivity index (χ2v) is 7.04. The molecule has 1 heteroatoms. The van der Waals surface area contributed by atoms with Crippen LogP contribution in [0.1, 0.15) is 51.4 Å². The monoisotopic (exact) mass is 205 g/mol. The lowest BCUT2D eigenvalue weighted by molar-refractivity contribution is -0.0874. The van der Waals surface area contributed by atoms with Crippen LogP contribution in [0, 0.1) is 29.6 Å². The molecule has 0 heterocycles. The second-order valence-electron chi connectivity index (χ2n) is 7.04. The minimum absolute atomic E-state index is 0.294. The van der Waals surface area contributed by atoms with Crippen LogP contribution in [0.4, 0.5) is 0 Å². The molecule has 2 N–H and O–H groups in total. The molecule has 0 saturated heterocycles. The minimum Gasteiger partial charge on any atom is -0.325 e. The molecule has 5 fully saturated rings. The lowest BCUT2D eigenvalue weighted by atomic mass is 9.46. The molecule has 5 aliphatic rings. The molecular weight excluding hydrogens is 182 g/mol. The van der Waals surface area contributed by atoms with Gasteiger partial charge < -0.3 is 5.73 Å². The van der Waals surface area contributed by atoms with Crippen LogP contribution < -0.4 is 5.73 Å².